The quantitative estimate of drug-likeness (QED) is 0.591. The van der Waals surface area contributed by atoms with Gasteiger partial charge in [-0.1, -0.05) is 46.0 Å². The van der Waals surface area contributed by atoms with E-state index in [1.54, 1.807) is 25.7 Å². The molecule has 2 fully saturated rings. The van der Waals surface area contributed by atoms with Gasteiger partial charge in [-0.15, -0.1) is 0 Å². The van der Waals surface area contributed by atoms with E-state index in [1.165, 1.54) is 25.7 Å². The summed E-state index contributed by atoms with van der Waals surface area (Å²) in [6.45, 7) is 4.88. The van der Waals surface area contributed by atoms with E-state index in [4.69, 9.17) is 0 Å². The maximum absolute atomic E-state index is 2.54. The molecule has 2 aliphatic carbocycles. The fourth-order valence-electron chi connectivity index (χ4n) is 3.98. The molecule has 0 heterocycles. The number of hydrogen-bond acceptors (Lipinski definition) is 0. The van der Waals surface area contributed by atoms with Crippen LogP contribution in [0.2, 0.25) is 0 Å². The van der Waals surface area contributed by atoms with Gasteiger partial charge in [-0.2, -0.15) is 0 Å². The van der Waals surface area contributed by atoms with Crippen LogP contribution >= 0.6 is 0 Å². The van der Waals surface area contributed by atoms with Crippen molar-refractivity contribution in [2.45, 2.75) is 65.2 Å². The molecule has 0 bridgehead atoms. The molecular formula is C13H24. The SMILES string of the molecule is CCCC1(C)CC2CCCCC2C1. The Morgan fingerprint density at radius 2 is 1.62 bits per heavy atom. The van der Waals surface area contributed by atoms with E-state index < -0.39 is 0 Å². The van der Waals surface area contributed by atoms with E-state index in [0.29, 0.717) is 0 Å². The van der Waals surface area contributed by atoms with Gasteiger partial charge in [0.2, 0.25) is 0 Å². The molecule has 13 heavy (non-hydrogen) atoms. The van der Waals surface area contributed by atoms with Gasteiger partial charge in [-0.05, 0) is 36.5 Å². The summed E-state index contributed by atoms with van der Waals surface area (Å²) in [4.78, 5) is 0. The van der Waals surface area contributed by atoms with Gasteiger partial charge in [0.15, 0.2) is 0 Å². The Hall–Kier alpha value is 0. The lowest BCUT2D eigenvalue weighted by Crippen LogP contribution is -2.12. The van der Waals surface area contributed by atoms with Crippen molar-refractivity contribution in [3.05, 3.63) is 0 Å². The van der Waals surface area contributed by atoms with Gasteiger partial charge in [-0.3, -0.25) is 0 Å². The van der Waals surface area contributed by atoms with Crippen molar-refractivity contribution in [2.24, 2.45) is 17.3 Å². The van der Waals surface area contributed by atoms with E-state index in [2.05, 4.69) is 13.8 Å². The molecule has 0 aromatic rings. The van der Waals surface area contributed by atoms with Crippen LogP contribution in [-0.4, -0.2) is 0 Å². The van der Waals surface area contributed by atoms with Crippen molar-refractivity contribution >= 4 is 0 Å². The summed E-state index contributed by atoms with van der Waals surface area (Å²) in [6, 6.07) is 0. The first-order valence-corrected chi connectivity index (χ1v) is 6.23. The van der Waals surface area contributed by atoms with Gasteiger partial charge >= 0.3 is 0 Å². The fourth-order valence-corrected chi connectivity index (χ4v) is 3.98. The predicted octanol–water partition coefficient (Wildman–Crippen LogP) is 4.39. The van der Waals surface area contributed by atoms with Crippen molar-refractivity contribution in [3.8, 4) is 0 Å². The average Bonchev–Trinajstić information content (AvgIpc) is 2.40. The molecule has 0 N–H and O–H groups in total. The highest BCUT2D eigenvalue weighted by molar-refractivity contribution is 4.92. The minimum Gasteiger partial charge on any atom is -0.0654 e. The summed E-state index contributed by atoms with van der Waals surface area (Å²) < 4.78 is 0. The van der Waals surface area contributed by atoms with Gasteiger partial charge in [-0.25, -0.2) is 0 Å². The number of hydrogen-bond donors (Lipinski definition) is 0. The van der Waals surface area contributed by atoms with Crippen LogP contribution in [0, 0.1) is 17.3 Å². The Labute approximate surface area is 83.1 Å². The molecule has 2 aliphatic rings. The summed E-state index contributed by atoms with van der Waals surface area (Å²) in [5, 5.41) is 0. The minimum atomic E-state index is 0.731. The molecule has 2 unspecified atom stereocenters. The Morgan fingerprint density at radius 1 is 1.08 bits per heavy atom. The number of rotatable bonds is 2. The lowest BCUT2D eigenvalue weighted by molar-refractivity contribution is 0.277. The first-order valence-electron chi connectivity index (χ1n) is 6.23. The minimum absolute atomic E-state index is 0.731. The second-order valence-electron chi connectivity index (χ2n) is 5.77. The normalized spacial score (nSPS) is 44.8. The van der Waals surface area contributed by atoms with E-state index in [9.17, 15) is 0 Å². The zero-order valence-electron chi connectivity index (χ0n) is 9.31. The van der Waals surface area contributed by atoms with Crippen LogP contribution in [0.3, 0.4) is 0 Å². The molecule has 0 nitrogen and oxygen atoms in total. The highest BCUT2D eigenvalue weighted by Crippen LogP contribution is 2.53. The standard InChI is InChI=1S/C13H24/c1-3-8-13(2)9-11-6-4-5-7-12(11)10-13/h11-12H,3-10H2,1-2H3. The lowest BCUT2D eigenvalue weighted by Gasteiger charge is -2.24. The van der Waals surface area contributed by atoms with Gasteiger partial charge < -0.3 is 0 Å². The van der Waals surface area contributed by atoms with Crippen molar-refractivity contribution in [1.82, 2.24) is 0 Å². The van der Waals surface area contributed by atoms with Crippen LogP contribution in [0.1, 0.15) is 65.2 Å². The van der Waals surface area contributed by atoms with E-state index in [-0.39, 0.29) is 0 Å². The van der Waals surface area contributed by atoms with Crippen molar-refractivity contribution in [3.63, 3.8) is 0 Å². The maximum Gasteiger partial charge on any atom is -0.0320 e. The number of fused-ring (bicyclic) bond motifs is 1. The lowest BCUT2D eigenvalue weighted by atomic mass is 9.82. The smallest absolute Gasteiger partial charge is 0.0320 e. The molecule has 0 spiro atoms. The summed E-state index contributed by atoms with van der Waals surface area (Å²) in [6.07, 6.45) is 12.1. The molecule has 2 atom stereocenters. The Kier molecular flexibility index (Phi) is 2.67. The molecule has 0 amide bonds. The third-order valence-corrected chi connectivity index (χ3v) is 4.43. The van der Waals surface area contributed by atoms with E-state index in [1.807, 2.05) is 0 Å². The molecule has 2 saturated carbocycles. The zero-order valence-corrected chi connectivity index (χ0v) is 9.31. The Bertz CT molecular complexity index is 157. The molecule has 0 aromatic carbocycles. The second kappa shape index (κ2) is 3.63. The topological polar surface area (TPSA) is 0 Å². The van der Waals surface area contributed by atoms with E-state index in [0.717, 1.165) is 17.3 Å². The van der Waals surface area contributed by atoms with Crippen LogP contribution in [0.15, 0.2) is 0 Å². The maximum atomic E-state index is 2.54. The van der Waals surface area contributed by atoms with Crippen LogP contribution in [-0.2, 0) is 0 Å². The molecule has 2 rings (SSSR count). The van der Waals surface area contributed by atoms with Crippen LogP contribution in [0.25, 0.3) is 0 Å². The van der Waals surface area contributed by atoms with Crippen molar-refractivity contribution < 1.29 is 0 Å². The fraction of sp³-hybridized carbons (Fsp3) is 1.00. The molecular weight excluding hydrogens is 156 g/mol. The van der Waals surface area contributed by atoms with Gasteiger partial charge in [0.1, 0.15) is 0 Å². The Balaban J connectivity index is 1.97. The second-order valence-corrected chi connectivity index (χ2v) is 5.77. The summed E-state index contributed by atoms with van der Waals surface area (Å²) in [5.41, 5.74) is 0.731. The highest BCUT2D eigenvalue weighted by atomic mass is 14.5. The van der Waals surface area contributed by atoms with Crippen LogP contribution in [0.5, 0.6) is 0 Å². The van der Waals surface area contributed by atoms with Gasteiger partial charge in [0.05, 0.1) is 0 Å². The summed E-state index contributed by atoms with van der Waals surface area (Å²) >= 11 is 0. The third-order valence-electron chi connectivity index (χ3n) is 4.43. The molecule has 0 aliphatic heterocycles. The molecule has 76 valence electrons. The van der Waals surface area contributed by atoms with Gasteiger partial charge in [0.25, 0.3) is 0 Å². The average molecular weight is 180 g/mol. The third kappa shape index (κ3) is 1.92. The van der Waals surface area contributed by atoms with Crippen LogP contribution in [0.4, 0.5) is 0 Å². The Morgan fingerprint density at radius 3 is 2.08 bits per heavy atom. The summed E-state index contributed by atoms with van der Waals surface area (Å²) in [5.74, 6) is 2.23. The first kappa shape index (κ1) is 9.55. The zero-order chi connectivity index (χ0) is 9.31. The largest absolute Gasteiger partial charge is 0.0654 e. The molecule has 0 radical (unpaired) electrons. The predicted molar refractivity (Wildman–Crippen MR) is 57.7 cm³/mol. The first-order chi connectivity index (χ1) is 6.23. The molecule has 0 heteroatoms. The summed E-state index contributed by atoms with van der Waals surface area (Å²) in [7, 11) is 0. The highest BCUT2D eigenvalue weighted by Gasteiger charge is 2.41. The van der Waals surface area contributed by atoms with E-state index >= 15 is 0 Å². The monoisotopic (exact) mass is 180 g/mol. The molecule has 0 saturated heterocycles. The van der Waals surface area contributed by atoms with Gasteiger partial charge in [0, 0.05) is 0 Å². The molecule has 0 aromatic heterocycles. The van der Waals surface area contributed by atoms with Crippen LogP contribution < -0.4 is 0 Å². The van der Waals surface area contributed by atoms with Crippen molar-refractivity contribution in [1.29, 1.82) is 0 Å². The van der Waals surface area contributed by atoms with Crippen molar-refractivity contribution in [2.75, 3.05) is 0 Å².